The lowest BCUT2D eigenvalue weighted by Crippen LogP contribution is -2.38. The summed E-state index contributed by atoms with van der Waals surface area (Å²) in [6.07, 6.45) is 2.25. The second-order valence-corrected chi connectivity index (χ2v) is 7.70. The Labute approximate surface area is 176 Å². The van der Waals surface area contributed by atoms with Crippen LogP contribution in [0.3, 0.4) is 0 Å². The number of ether oxygens (including phenoxy) is 1. The molecule has 1 aromatic heterocycles. The van der Waals surface area contributed by atoms with Gasteiger partial charge in [-0.05, 0) is 41.8 Å². The van der Waals surface area contributed by atoms with E-state index in [4.69, 9.17) is 4.74 Å². The van der Waals surface area contributed by atoms with Crippen LogP contribution in [-0.2, 0) is 20.0 Å². The standard InChI is InChI=1S/C24H27N3O3/c1-26-12-5-10-23(26)24(29)25-20-8-4-9-22(14-20)30-17-21(28)16-27-13-11-18-6-2-3-7-19(18)15-27/h2-10,12,14,21,28H,11,13,15-17H2,1H3,(H,25,29)/t21-/m0/s1. The van der Waals surface area contributed by atoms with Crippen molar-refractivity contribution in [3.05, 3.63) is 83.7 Å². The van der Waals surface area contributed by atoms with Crippen molar-refractivity contribution in [3.63, 3.8) is 0 Å². The summed E-state index contributed by atoms with van der Waals surface area (Å²) in [5.41, 5.74) is 3.97. The maximum absolute atomic E-state index is 12.4. The monoisotopic (exact) mass is 405 g/mol. The summed E-state index contributed by atoms with van der Waals surface area (Å²) in [7, 11) is 1.83. The van der Waals surface area contributed by atoms with Crippen molar-refractivity contribution in [3.8, 4) is 5.75 Å². The zero-order valence-corrected chi connectivity index (χ0v) is 17.1. The van der Waals surface area contributed by atoms with Crippen LogP contribution in [0.2, 0.25) is 0 Å². The predicted molar refractivity (Wildman–Crippen MR) is 117 cm³/mol. The molecule has 3 aromatic rings. The van der Waals surface area contributed by atoms with E-state index in [0.717, 1.165) is 19.5 Å². The quantitative estimate of drug-likeness (QED) is 0.634. The first-order valence-electron chi connectivity index (χ1n) is 10.2. The van der Waals surface area contributed by atoms with Crippen LogP contribution >= 0.6 is 0 Å². The molecule has 0 bridgehead atoms. The fourth-order valence-electron chi connectivity index (χ4n) is 3.81. The number of amides is 1. The number of aromatic nitrogens is 1. The average molecular weight is 405 g/mol. The second kappa shape index (κ2) is 9.15. The van der Waals surface area contributed by atoms with Crippen LogP contribution in [0, 0.1) is 0 Å². The first-order chi connectivity index (χ1) is 14.6. The van der Waals surface area contributed by atoms with E-state index >= 15 is 0 Å². The molecule has 6 nitrogen and oxygen atoms in total. The van der Waals surface area contributed by atoms with Crippen molar-refractivity contribution in [1.82, 2.24) is 9.47 Å². The van der Waals surface area contributed by atoms with Gasteiger partial charge >= 0.3 is 0 Å². The third-order valence-corrected chi connectivity index (χ3v) is 5.39. The van der Waals surface area contributed by atoms with Crippen LogP contribution < -0.4 is 10.1 Å². The Morgan fingerprint density at radius 2 is 1.97 bits per heavy atom. The molecule has 0 unspecified atom stereocenters. The molecule has 0 radical (unpaired) electrons. The van der Waals surface area contributed by atoms with Crippen molar-refractivity contribution >= 4 is 11.6 Å². The largest absolute Gasteiger partial charge is 0.491 e. The minimum absolute atomic E-state index is 0.176. The number of nitrogens with one attached hydrogen (secondary N) is 1. The van der Waals surface area contributed by atoms with Crippen LogP contribution in [-0.4, -0.2) is 46.3 Å². The van der Waals surface area contributed by atoms with E-state index in [1.165, 1.54) is 11.1 Å². The fourth-order valence-corrected chi connectivity index (χ4v) is 3.81. The molecule has 6 heteroatoms. The molecular weight excluding hydrogens is 378 g/mol. The minimum Gasteiger partial charge on any atom is -0.491 e. The number of aliphatic hydroxyl groups excluding tert-OH is 1. The van der Waals surface area contributed by atoms with E-state index in [1.807, 2.05) is 37.5 Å². The number of benzene rings is 2. The van der Waals surface area contributed by atoms with Crippen molar-refractivity contribution in [2.75, 3.05) is 25.0 Å². The third-order valence-electron chi connectivity index (χ3n) is 5.39. The maximum Gasteiger partial charge on any atom is 0.272 e. The molecule has 2 N–H and O–H groups in total. The van der Waals surface area contributed by atoms with Gasteiger partial charge in [0.15, 0.2) is 0 Å². The van der Waals surface area contributed by atoms with Gasteiger partial charge in [-0.25, -0.2) is 0 Å². The van der Waals surface area contributed by atoms with Crippen molar-refractivity contribution in [1.29, 1.82) is 0 Å². The first-order valence-corrected chi connectivity index (χ1v) is 10.2. The van der Waals surface area contributed by atoms with Gasteiger partial charge in [0.2, 0.25) is 0 Å². The Hall–Kier alpha value is -3.09. The van der Waals surface area contributed by atoms with Gasteiger partial charge < -0.3 is 19.7 Å². The summed E-state index contributed by atoms with van der Waals surface area (Å²) in [5.74, 6) is 0.438. The number of hydrogen-bond donors (Lipinski definition) is 2. The molecule has 1 aliphatic heterocycles. The number of anilines is 1. The number of hydrogen-bond acceptors (Lipinski definition) is 4. The Kier molecular flexibility index (Phi) is 6.16. The molecule has 1 atom stereocenters. The number of aliphatic hydroxyl groups is 1. The highest BCUT2D eigenvalue weighted by atomic mass is 16.5. The highest BCUT2D eigenvalue weighted by Gasteiger charge is 2.18. The predicted octanol–water partition coefficient (Wildman–Crippen LogP) is 3.08. The second-order valence-electron chi connectivity index (χ2n) is 7.70. The summed E-state index contributed by atoms with van der Waals surface area (Å²) in [5, 5.41) is 13.3. The van der Waals surface area contributed by atoms with E-state index in [1.54, 1.807) is 16.7 Å². The number of aryl methyl sites for hydroxylation is 1. The molecule has 0 saturated heterocycles. The third kappa shape index (κ3) is 4.90. The van der Waals surface area contributed by atoms with E-state index in [-0.39, 0.29) is 12.5 Å². The molecule has 1 amide bonds. The zero-order valence-electron chi connectivity index (χ0n) is 17.1. The lowest BCUT2D eigenvalue weighted by Gasteiger charge is -2.30. The number of rotatable bonds is 7. The molecule has 0 spiro atoms. The summed E-state index contributed by atoms with van der Waals surface area (Å²) in [6, 6.07) is 19.3. The summed E-state index contributed by atoms with van der Waals surface area (Å²) < 4.78 is 7.55. The Morgan fingerprint density at radius 1 is 1.13 bits per heavy atom. The number of nitrogens with zero attached hydrogens (tertiary/aromatic N) is 2. The smallest absolute Gasteiger partial charge is 0.272 e. The number of carbonyl (C=O) groups is 1. The van der Waals surface area contributed by atoms with Gasteiger partial charge in [-0.3, -0.25) is 9.69 Å². The van der Waals surface area contributed by atoms with Crippen LogP contribution in [0.4, 0.5) is 5.69 Å². The molecule has 0 fully saturated rings. The summed E-state index contributed by atoms with van der Waals surface area (Å²) in [4.78, 5) is 14.6. The fraction of sp³-hybridized carbons (Fsp3) is 0.292. The maximum atomic E-state index is 12.4. The normalized spacial score (nSPS) is 14.7. The molecule has 2 aromatic carbocycles. The summed E-state index contributed by atoms with van der Waals surface area (Å²) >= 11 is 0. The lowest BCUT2D eigenvalue weighted by molar-refractivity contribution is 0.0638. The molecule has 0 aliphatic carbocycles. The molecule has 1 aliphatic rings. The van der Waals surface area contributed by atoms with Crippen molar-refractivity contribution in [2.24, 2.45) is 7.05 Å². The highest BCUT2D eigenvalue weighted by Crippen LogP contribution is 2.20. The molecule has 2 heterocycles. The average Bonchev–Trinajstić information content (AvgIpc) is 3.18. The number of fused-ring (bicyclic) bond motifs is 1. The van der Waals surface area contributed by atoms with Gasteiger partial charge in [0.1, 0.15) is 24.2 Å². The molecule has 30 heavy (non-hydrogen) atoms. The first kappa shape index (κ1) is 20.2. The Morgan fingerprint density at radius 3 is 2.77 bits per heavy atom. The van der Waals surface area contributed by atoms with Gasteiger partial charge in [-0.1, -0.05) is 30.3 Å². The minimum atomic E-state index is -0.586. The van der Waals surface area contributed by atoms with E-state index < -0.39 is 6.10 Å². The SMILES string of the molecule is Cn1cccc1C(=O)Nc1cccc(OC[C@@H](O)CN2CCc3ccccc3C2)c1. The van der Waals surface area contributed by atoms with Gasteiger partial charge in [-0.2, -0.15) is 0 Å². The summed E-state index contributed by atoms with van der Waals surface area (Å²) in [6.45, 7) is 2.56. The van der Waals surface area contributed by atoms with Crippen LogP contribution in [0.5, 0.6) is 5.75 Å². The molecular formula is C24H27N3O3. The van der Waals surface area contributed by atoms with E-state index in [2.05, 4.69) is 34.5 Å². The van der Waals surface area contributed by atoms with Crippen molar-refractivity contribution < 1.29 is 14.6 Å². The Bertz CT molecular complexity index is 1010. The molecule has 156 valence electrons. The van der Waals surface area contributed by atoms with Gasteiger partial charge in [-0.15, -0.1) is 0 Å². The van der Waals surface area contributed by atoms with Gasteiger partial charge in [0.25, 0.3) is 5.91 Å². The number of β-amino-alcohol motifs (C(OH)–C–C–N with tert-alkyl or cyclic N) is 1. The highest BCUT2D eigenvalue weighted by molar-refractivity contribution is 6.03. The van der Waals surface area contributed by atoms with Gasteiger partial charge in [0.05, 0.1) is 0 Å². The lowest BCUT2D eigenvalue weighted by atomic mass is 10.00. The molecule has 0 saturated carbocycles. The van der Waals surface area contributed by atoms with Crippen LogP contribution in [0.1, 0.15) is 21.6 Å². The van der Waals surface area contributed by atoms with E-state index in [9.17, 15) is 9.90 Å². The van der Waals surface area contributed by atoms with Crippen LogP contribution in [0.25, 0.3) is 0 Å². The topological polar surface area (TPSA) is 66.7 Å². The van der Waals surface area contributed by atoms with Crippen LogP contribution in [0.15, 0.2) is 66.9 Å². The van der Waals surface area contributed by atoms with Gasteiger partial charge in [0, 0.05) is 44.6 Å². The Balaban J connectivity index is 1.28. The molecule has 4 rings (SSSR count). The van der Waals surface area contributed by atoms with E-state index in [0.29, 0.717) is 23.7 Å². The van der Waals surface area contributed by atoms with Crippen molar-refractivity contribution in [2.45, 2.75) is 19.1 Å². The number of carbonyl (C=O) groups excluding carboxylic acids is 1. The zero-order chi connectivity index (χ0) is 20.9.